The number of fused-ring (bicyclic) bond motifs is 1. The van der Waals surface area contributed by atoms with Gasteiger partial charge in [0.15, 0.2) is 11.2 Å². The molecular formula is C26H28N4O2. The van der Waals surface area contributed by atoms with Gasteiger partial charge < -0.3 is 4.57 Å². The number of imidazole rings is 1. The van der Waals surface area contributed by atoms with Crippen molar-refractivity contribution in [3.8, 4) is 5.69 Å². The number of hydrogen-bond donors (Lipinski definition) is 0. The molecule has 2 aromatic carbocycles. The second-order valence-corrected chi connectivity index (χ2v) is 9.10. The second-order valence-electron chi connectivity index (χ2n) is 9.10. The van der Waals surface area contributed by atoms with Crippen molar-refractivity contribution >= 4 is 11.2 Å². The Labute approximate surface area is 187 Å². The van der Waals surface area contributed by atoms with Gasteiger partial charge in [-0.2, -0.15) is 0 Å². The standard InChI is InChI=1S/C26H28N4O2/c1-6-15-29-24(31)22-23(30(25(29)32)21-10-8-7-9-18(21)2)27-17-28(22)16-19-11-13-20(14-12-19)26(3,4)5/h6-14,17H,1,15-16H2,2-5H3. The van der Waals surface area contributed by atoms with Crippen LogP contribution in [0.25, 0.3) is 16.9 Å². The largest absolute Gasteiger partial charge is 0.337 e. The fourth-order valence-corrected chi connectivity index (χ4v) is 3.93. The highest BCUT2D eigenvalue weighted by atomic mass is 16.2. The van der Waals surface area contributed by atoms with Gasteiger partial charge in [0, 0.05) is 13.1 Å². The Morgan fingerprint density at radius 3 is 2.34 bits per heavy atom. The molecule has 0 fully saturated rings. The zero-order valence-corrected chi connectivity index (χ0v) is 19.0. The van der Waals surface area contributed by atoms with E-state index in [2.05, 4.69) is 56.6 Å². The third kappa shape index (κ3) is 3.73. The Morgan fingerprint density at radius 1 is 1.03 bits per heavy atom. The summed E-state index contributed by atoms with van der Waals surface area (Å²) in [6.07, 6.45) is 3.19. The van der Waals surface area contributed by atoms with Crippen molar-refractivity contribution in [1.82, 2.24) is 18.7 Å². The topological polar surface area (TPSA) is 61.8 Å². The Bertz CT molecular complexity index is 1410. The van der Waals surface area contributed by atoms with E-state index in [9.17, 15) is 9.59 Å². The number of nitrogens with zero attached hydrogens (tertiary/aromatic N) is 4. The second kappa shape index (κ2) is 8.11. The summed E-state index contributed by atoms with van der Waals surface area (Å²) in [5.41, 5.74) is 3.99. The van der Waals surface area contributed by atoms with Gasteiger partial charge in [0.2, 0.25) is 0 Å². The van der Waals surface area contributed by atoms with Crippen LogP contribution in [0.5, 0.6) is 0 Å². The van der Waals surface area contributed by atoms with Crippen LogP contribution < -0.4 is 11.2 Å². The van der Waals surface area contributed by atoms with Crippen LogP contribution >= 0.6 is 0 Å². The molecule has 6 nitrogen and oxygen atoms in total. The van der Waals surface area contributed by atoms with Gasteiger partial charge in [0.05, 0.1) is 12.0 Å². The molecule has 4 rings (SSSR count). The predicted octanol–water partition coefficient (Wildman–Crippen LogP) is 4.19. The Morgan fingerprint density at radius 2 is 1.72 bits per heavy atom. The zero-order valence-electron chi connectivity index (χ0n) is 19.0. The van der Waals surface area contributed by atoms with Gasteiger partial charge in [-0.3, -0.25) is 9.36 Å². The average Bonchev–Trinajstić information content (AvgIpc) is 3.15. The minimum atomic E-state index is -0.420. The van der Waals surface area contributed by atoms with E-state index in [0.717, 1.165) is 11.1 Å². The third-order valence-corrected chi connectivity index (χ3v) is 5.74. The molecule has 6 heteroatoms. The summed E-state index contributed by atoms with van der Waals surface area (Å²) in [7, 11) is 0. The van der Waals surface area contributed by atoms with Crippen molar-refractivity contribution in [2.45, 2.75) is 46.2 Å². The molecular weight excluding hydrogens is 400 g/mol. The molecule has 0 amide bonds. The lowest BCUT2D eigenvalue weighted by atomic mass is 9.87. The van der Waals surface area contributed by atoms with Crippen molar-refractivity contribution < 1.29 is 0 Å². The van der Waals surface area contributed by atoms with Crippen LogP contribution in [0, 0.1) is 6.92 Å². The van der Waals surface area contributed by atoms with E-state index in [-0.39, 0.29) is 17.5 Å². The summed E-state index contributed by atoms with van der Waals surface area (Å²) in [6, 6.07) is 16.0. The monoisotopic (exact) mass is 428 g/mol. The lowest BCUT2D eigenvalue weighted by molar-refractivity contribution is 0.590. The van der Waals surface area contributed by atoms with Gasteiger partial charge in [-0.1, -0.05) is 69.3 Å². The quantitative estimate of drug-likeness (QED) is 0.448. The summed E-state index contributed by atoms with van der Waals surface area (Å²) in [5, 5.41) is 0. The first-order valence-corrected chi connectivity index (χ1v) is 10.7. The number of aryl methyl sites for hydroxylation is 1. The highest BCUT2D eigenvalue weighted by Gasteiger charge is 2.20. The van der Waals surface area contributed by atoms with Crippen molar-refractivity contribution in [3.05, 3.63) is 105 Å². The molecule has 0 radical (unpaired) electrons. The molecule has 0 N–H and O–H groups in total. The van der Waals surface area contributed by atoms with Gasteiger partial charge in [-0.15, -0.1) is 6.58 Å². The molecule has 32 heavy (non-hydrogen) atoms. The molecule has 4 aromatic rings. The van der Waals surface area contributed by atoms with Gasteiger partial charge in [0.1, 0.15) is 0 Å². The molecule has 0 bridgehead atoms. The maximum atomic E-state index is 13.3. The minimum absolute atomic E-state index is 0.0717. The van der Waals surface area contributed by atoms with E-state index in [4.69, 9.17) is 0 Å². The lowest BCUT2D eigenvalue weighted by Crippen LogP contribution is -2.40. The number of benzene rings is 2. The first-order chi connectivity index (χ1) is 15.2. The smallest absolute Gasteiger partial charge is 0.320 e. The average molecular weight is 429 g/mol. The molecule has 2 heterocycles. The van der Waals surface area contributed by atoms with Gasteiger partial charge >= 0.3 is 5.69 Å². The van der Waals surface area contributed by atoms with Crippen LogP contribution in [0.4, 0.5) is 0 Å². The Hall–Kier alpha value is -3.67. The van der Waals surface area contributed by atoms with Crippen molar-refractivity contribution in [2.75, 3.05) is 0 Å². The van der Waals surface area contributed by atoms with E-state index in [1.165, 1.54) is 14.7 Å². The summed E-state index contributed by atoms with van der Waals surface area (Å²) >= 11 is 0. The van der Waals surface area contributed by atoms with Crippen molar-refractivity contribution in [3.63, 3.8) is 0 Å². The number of rotatable bonds is 5. The molecule has 2 aromatic heterocycles. The fraction of sp³-hybridized carbons (Fsp3) is 0.269. The van der Waals surface area contributed by atoms with Crippen LogP contribution in [0.3, 0.4) is 0 Å². The third-order valence-electron chi connectivity index (χ3n) is 5.74. The number of aromatic nitrogens is 4. The Kier molecular flexibility index (Phi) is 5.46. The van der Waals surface area contributed by atoms with Gasteiger partial charge in [0.25, 0.3) is 5.56 Å². The summed E-state index contributed by atoms with van der Waals surface area (Å²) in [6.45, 7) is 12.8. The van der Waals surface area contributed by atoms with Crippen LogP contribution in [0.15, 0.2) is 77.1 Å². The van der Waals surface area contributed by atoms with Gasteiger partial charge in [-0.25, -0.2) is 14.3 Å². The van der Waals surface area contributed by atoms with E-state index in [1.54, 1.807) is 12.4 Å². The summed E-state index contributed by atoms with van der Waals surface area (Å²) in [5.74, 6) is 0. The fourth-order valence-electron chi connectivity index (χ4n) is 3.93. The predicted molar refractivity (Wildman–Crippen MR) is 129 cm³/mol. The minimum Gasteiger partial charge on any atom is -0.320 e. The van der Waals surface area contributed by atoms with Crippen LogP contribution in [-0.4, -0.2) is 18.7 Å². The van der Waals surface area contributed by atoms with Crippen LogP contribution in [0.2, 0.25) is 0 Å². The molecule has 0 saturated carbocycles. The first kappa shape index (κ1) is 21.6. The van der Waals surface area contributed by atoms with E-state index in [1.807, 2.05) is 35.8 Å². The summed E-state index contributed by atoms with van der Waals surface area (Å²) < 4.78 is 4.55. The van der Waals surface area contributed by atoms with E-state index in [0.29, 0.717) is 23.4 Å². The van der Waals surface area contributed by atoms with Crippen LogP contribution in [0.1, 0.15) is 37.5 Å². The first-order valence-electron chi connectivity index (χ1n) is 10.7. The molecule has 0 aliphatic heterocycles. The molecule has 0 aliphatic carbocycles. The maximum absolute atomic E-state index is 13.3. The number of hydrogen-bond acceptors (Lipinski definition) is 3. The highest BCUT2D eigenvalue weighted by molar-refractivity contribution is 5.73. The zero-order chi connectivity index (χ0) is 23.0. The molecule has 164 valence electrons. The van der Waals surface area contributed by atoms with Gasteiger partial charge in [-0.05, 0) is 35.1 Å². The van der Waals surface area contributed by atoms with Crippen molar-refractivity contribution in [2.24, 2.45) is 0 Å². The maximum Gasteiger partial charge on any atom is 0.337 e. The van der Waals surface area contributed by atoms with E-state index >= 15 is 0 Å². The normalized spacial score (nSPS) is 11.8. The lowest BCUT2D eigenvalue weighted by Gasteiger charge is -2.19. The molecule has 0 saturated heterocycles. The molecule has 0 unspecified atom stereocenters. The molecule has 0 spiro atoms. The van der Waals surface area contributed by atoms with E-state index < -0.39 is 5.69 Å². The van der Waals surface area contributed by atoms with Crippen molar-refractivity contribution in [1.29, 1.82) is 0 Å². The summed E-state index contributed by atoms with van der Waals surface area (Å²) in [4.78, 5) is 31.1. The van der Waals surface area contributed by atoms with Crippen LogP contribution in [-0.2, 0) is 18.5 Å². The Balaban J connectivity index is 1.91. The number of allylic oxidation sites excluding steroid dienone is 1. The SMILES string of the molecule is C=CCn1c(=O)c2c(ncn2Cc2ccc(C(C)(C)C)cc2)n(-c2ccccc2C)c1=O. The number of para-hydroxylation sites is 1. The molecule has 0 aliphatic rings. The molecule has 0 atom stereocenters. The highest BCUT2D eigenvalue weighted by Crippen LogP contribution is 2.23.